The summed E-state index contributed by atoms with van der Waals surface area (Å²) in [6.07, 6.45) is 1.64. The Morgan fingerprint density at radius 1 is 1.48 bits per heavy atom. The van der Waals surface area contributed by atoms with Crippen molar-refractivity contribution in [2.24, 2.45) is 5.92 Å². The lowest BCUT2D eigenvalue weighted by Crippen LogP contribution is -2.27. The van der Waals surface area contributed by atoms with Gasteiger partial charge in [-0.15, -0.1) is 11.3 Å². The quantitative estimate of drug-likeness (QED) is 0.853. The molecule has 1 amide bonds. The van der Waals surface area contributed by atoms with Crippen molar-refractivity contribution in [1.82, 2.24) is 10.3 Å². The van der Waals surface area contributed by atoms with Crippen molar-refractivity contribution in [2.45, 2.75) is 38.5 Å². The standard InChI is InChI=1S/C18H22N2O2S/c1-11(2)18-20-13(10-23-18)6-7-19-17(22)16-9-15(16)12-4-3-5-14(21)8-12/h3-5,8,10-11,15-16,21H,6-7,9H2,1-2H3,(H,19,22)/t15-,16+/m1/s1. The number of benzene rings is 1. The number of nitrogens with zero attached hydrogens (tertiary/aromatic N) is 1. The molecule has 2 atom stereocenters. The number of rotatable bonds is 6. The van der Waals surface area contributed by atoms with Crippen molar-refractivity contribution in [2.75, 3.05) is 6.54 Å². The highest BCUT2D eigenvalue weighted by Crippen LogP contribution is 2.48. The van der Waals surface area contributed by atoms with E-state index in [2.05, 4.69) is 29.5 Å². The summed E-state index contributed by atoms with van der Waals surface area (Å²) in [6.45, 7) is 4.90. The Hall–Kier alpha value is -1.88. The van der Waals surface area contributed by atoms with Gasteiger partial charge >= 0.3 is 0 Å². The molecule has 3 rings (SSSR count). The van der Waals surface area contributed by atoms with Crippen LogP contribution in [0.5, 0.6) is 5.75 Å². The molecule has 0 radical (unpaired) electrons. The maximum Gasteiger partial charge on any atom is 0.223 e. The molecule has 1 aliphatic rings. The second-order valence-corrected chi connectivity index (χ2v) is 7.31. The van der Waals surface area contributed by atoms with Gasteiger partial charge in [-0.2, -0.15) is 0 Å². The fraction of sp³-hybridized carbons (Fsp3) is 0.444. The molecule has 1 saturated carbocycles. The van der Waals surface area contributed by atoms with Crippen LogP contribution in [-0.4, -0.2) is 22.5 Å². The summed E-state index contributed by atoms with van der Waals surface area (Å²) < 4.78 is 0. The Kier molecular flexibility index (Phi) is 4.66. The van der Waals surface area contributed by atoms with Gasteiger partial charge in [-0.25, -0.2) is 4.98 Å². The lowest BCUT2D eigenvalue weighted by Gasteiger charge is -2.04. The van der Waals surface area contributed by atoms with Crippen molar-refractivity contribution >= 4 is 17.2 Å². The highest BCUT2D eigenvalue weighted by Gasteiger charge is 2.43. The number of amides is 1. The fourth-order valence-corrected chi connectivity index (χ4v) is 3.63. The summed E-state index contributed by atoms with van der Waals surface area (Å²) in [5.41, 5.74) is 2.10. The van der Waals surface area contributed by atoms with Gasteiger partial charge in [0.05, 0.1) is 10.7 Å². The van der Waals surface area contributed by atoms with E-state index in [1.165, 1.54) is 0 Å². The third-order valence-corrected chi connectivity index (χ3v) is 5.36. The molecule has 2 aromatic rings. The molecule has 5 heteroatoms. The SMILES string of the molecule is CC(C)c1nc(CCNC(=O)[C@H]2C[C@@H]2c2cccc(O)c2)cs1. The van der Waals surface area contributed by atoms with Crippen molar-refractivity contribution in [3.63, 3.8) is 0 Å². The molecule has 0 aliphatic heterocycles. The molecule has 2 N–H and O–H groups in total. The van der Waals surface area contributed by atoms with Crippen LogP contribution in [0.4, 0.5) is 0 Å². The Bertz CT molecular complexity index is 696. The summed E-state index contributed by atoms with van der Waals surface area (Å²) in [6, 6.07) is 7.20. The Labute approximate surface area is 140 Å². The monoisotopic (exact) mass is 330 g/mol. The predicted molar refractivity (Wildman–Crippen MR) is 91.9 cm³/mol. The normalized spacial score (nSPS) is 19.8. The van der Waals surface area contributed by atoms with Crippen LogP contribution >= 0.6 is 11.3 Å². The number of phenols is 1. The summed E-state index contributed by atoms with van der Waals surface area (Å²) in [7, 11) is 0. The number of hydrogen-bond donors (Lipinski definition) is 2. The molecule has 1 fully saturated rings. The van der Waals surface area contributed by atoms with Crippen LogP contribution in [0.1, 0.15) is 48.4 Å². The molecule has 0 saturated heterocycles. The van der Waals surface area contributed by atoms with Crippen molar-refractivity contribution in [3.05, 3.63) is 45.9 Å². The maximum atomic E-state index is 12.2. The first-order valence-corrected chi connectivity index (χ1v) is 8.93. The van der Waals surface area contributed by atoms with E-state index in [-0.39, 0.29) is 23.5 Å². The number of hydrogen-bond acceptors (Lipinski definition) is 4. The molecule has 1 aromatic carbocycles. The number of phenolic OH excluding ortho intramolecular Hbond substituents is 1. The average Bonchev–Trinajstić information content (AvgIpc) is 3.18. The molecular weight excluding hydrogens is 308 g/mol. The van der Waals surface area contributed by atoms with E-state index in [4.69, 9.17) is 0 Å². The van der Waals surface area contributed by atoms with E-state index < -0.39 is 0 Å². The van der Waals surface area contributed by atoms with E-state index in [0.717, 1.165) is 29.1 Å². The third-order valence-electron chi connectivity index (χ3n) is 4.17. The highest BCUT2D eigenvalue weighted by atomic mass is 32.1. The van der Waals surface area contributed by atoms with Gasteiger partial charge in [0.1, 0.15) is 5.75 Å². The summed E-state index contributed by atoms with van der Waals surface area (Å²) >= 11 is 1.69. The maximum absolute atomic E-state index is 12.2. The van der Waals surface area contributed by atoms with E-state index in [0.29, 0.717) is 12.5 Å². The first-order chi connectivity index (χ1) is 11.0. The van der Waals surface area contributed by atoms with Crippen molar-refractivity contribution < 1.29 is 9.90 Å². The van der Waals surface area contributed by atoms with Crippen LogP contribution in [0.2, 0.25) is 0 Å². The lowest BCUT2D eigenvalue weighted by atomic mass is 10.1. The Balaban J connectivity index is 1.45. The number of carbonyl (C=O) groups is 1. The van der Waals surface area contributed by atoms with Gasteiger partial charge in [-0.05, 0) is 30.0 Å². The zero-order chi connectivity index (χ0) is 16.4. The predicted octanol–water partition coefficient (Wildman–Crippen LogP) is 3.43. The largest absolute Gasteiger partial charge is 0.508 e. The highest BCUT2D eigenvalue weighted by molar-refractivity contribution is 7.09. The molecule has 0 spiro atoms. The Morgan fingerprint density at radius 2 is 2.30 bits per heavy atom. The molecule has 0 unspecified atom stereocenters. The van der Waals surface area contributed by atoms with Gasteiger partial charge in [0, 0.05) is 30.2 Å². The zero-order valence-electron chi connectivity index (χ0n) is 13.5. The smallest absolute Gasteiger partial charge is 0.223 e. The van der Waals surface area contributed by atoms with Gasteiger partial charge in [0.25, 0.3) is 0 Å². The summed E-state index contributed by atoms with van der Waals surface area (Å²) in [5, 5.41) is 15.8. The van der Waals surface area contributed by atoms with Gasteiger partial charge < -0.3 is 10.4 Å². The first-order valence-electron chi connectivity index (χ1n) is 8.05. The third kappa shape index (κ3) is 3.91. The number of aromatic hydroxyl groups is 1. The summed E-state index contributed by atoms with van der Waals surface area (Å²) in [4.78, 5) is 16.8. The molecule has 23 heavy (non-hydrogen) atoms. The minimum atomic E-state index is 0.0402. The van der Waals surface area contributed by atoms with E-state index >= 15 is 0 Å². The number of thiazole rings is 1. The average molecular weight is 330 g/mol. The van der Waals surface area contributed by atoms with Crippen LogP contribution in [0.3, 0.4) is 0 Å². The van der Waals surface area contributed by atoms with E-state index in [1.807, 2.05) is 12.1 Å². The molecule has 1 aliphatic carbocycles. The molecule has 1 aromatic heterocycles. The molecule has 1 heterocycles. The summed E-state index contributed by atoms with van der Waals surface area (Å²) in [5.74, 6) is 1.11. The van der Waals surface area contributed by atoms with Crippen molar-refractivity contribution in [3.8, 4) is 5.75 Å². The number of nitrogens with one attached hydrogen (secondary N) is 1. The van der Waals surface area contributed by atoms with E-state index in [1.54, 1.807) is 23.5 Å². The topological polar surface area (TPSA) is 62.2 Å². The molecule has 0 bridgehead atoms. The van der Waals surface area contributed by atoms with Gasteiger partial charge in [-0.3, -0.25) is 4.79 Å². The number of aromatic nitrogens is 1. The van der Waals surface area contributed by atoms with E-state index in [9.17, 15) is 9.90 Å². The van der Waals surface area contributed by atoms with Crippen LogP contribution in [0, 0.1) is 5.92 Å². The van der Waals surface area contributed by atoms with Gasteiger partial charge in [0.15, 0.2) is 0 Å². The lowest BCUT2D eigenvalue weighted by molar-refractivity contribution is -0.122. The molecular formula is C18H22N2O2S. The van der Waals surface area contributed by atoms with Crippen molar-refractivity contribution in [1.29, 1.82) is 0 Å². The zero-order valence-corrected chi connectivity index (χ0v) is 14.3. The molecule has 122 valence electrons. The molecule has 4 nitrogen and oxygen atoms in total. The van der Waals surface area contributed by atoms with Gasteiger partial charge in [-0.1, -0.05) is 26.0 Å². The van der Waals surface area contributed by atoms with Crippen LogP contribution in [-0.2, 0) is 11.2 Å². The first kappa shape index (κ1) is 16.0. The van der Waals surface area contributed by atoms with Crippen LogP contribution in [0.25, 0.3) is 0 Å². The minimum absolute atomic E-state index is 0.0402. The van der Waals surface area contributed by atoms with Crippen LogP contribution < -0.4 is 5.32 Å². The fourth-order valence-electron chi connectivity index (χ4n) is 2.76. The van der Waals surface area contributed by atoms with Gasteiger partial charge in [0.2, 0.25) is 5.91 Å². The Morgan fingerprint density at radius 3 is 3.00 bits per heavy atom. The number of carbonyl (C=O) groups excluding carboxylic acids is 1. The minimum Gasteiger partial charge on any atom is -0.508 e. The second kappa shape index (κ2) is 6.71. The van der Waals surface area contributed by atoms with Crippen LogP contribution in [0.15, 0.2) is 29.6 Å². The second-order valence-electron chi connectivity index (χ2n) is 6.42.